The minimum absolute atomic E-state index is 0.0323. The van der Waals surface area contributed by atoms with Gasteiger partial charge in [0.2, 0.25) is 15.7 Å². The number of rotatable bonds is 8. The molecule has 1 heterocycles. The Bertz CT molecular complexity index is 1190. The Hall–Kier alpha value is -3.79. The third-order valence-corrected chi connectivity index (χ3v) is 4.94. The van der Waals surface area contributed by atoms with E-state index in [4.69, 9.17) is 10.00 Å². The number of hydrogen-bond donors (Lipinski definition) is 2. The Morgan fingerprint density at radius 3 is 2.48 bits per heavy atom. The Morgan fingerprint density at radius 2 is 2.00 bits per heavy atom. The summed E-state index contributed by atoms with van der Waals surface area (Å²) < 4.78 is 29.6. The highest BCUT2D eigenvalue weighted by molar-refractivity contribution is 7.90. The molecular formula is C18H19N5O7S. The molecular weight excluding hydrogens is 430 g/mol. The van der Waals surface area contributed by atoms with Crippen molar-refractivity contribution < 1.29 is 28.0 Å². The van der Waals surface area contributed by atoms with Gasteiger partial charge in [0.1, 0.15) is 11.8 Å². The van der Waals surface area contributed by atoms with E-state index in [-0.39, 0.29) is 11.3 Å². The minimum Gasteiger partial charge on any atom is -0.480 e. The number of aliphatic carboxylic acids is 1. The van der Waals surface area contributed by atoms with Crippen molar-refractivity contribution in [3.05, 3.63) is 39.4 Å². The van der Waals surface area contributed by atoms with E-state index in [1.165, 1.54) is 18.2 Å². The van der Waals surface area contributed by atoms with Crippen LogP contribution in [0.15, 0.2) is 23.4 Å². The van der Waals surface area contributed by atoms with Gasteiger partial charge in [-0.3, -0.25) is 10.1 Å². The zero-order chi connectivity index (χ0) is 23.5. The number of nitriles is 1. The molecule has 1 unspecified atom stereocenters. The summed E-state index contributed by atoms with van der Waals surface area (Å²) in [5.74, 6) is -3.14. The van der Waals surface area contributed by atoms with Gasteiger partial charge in [-0.05, 0) is 30.5 Å². The van der Waals surface area contributed by atoms with Crippen molar-refractivity contribution in [2.24, 2.45) is 5.92 Å². The van der Waals surface area contributed by atoms with Gasteiger partial charge in [-0.15, -0.1) is 0 Å². The fourth-order valence-corrected chi connectivity index (χ4v) is 2.97. The zero-order valence-electron chi connectivity index (χ0n) is 17.0. The van der Waals surface area contributed by atoms with Gasteiger partial charge in [0.25, 0.3) is 5.16 Å². The average molecular weight is 449 g/mol. The van der Waals surface area contributed by atoms with E-state index in [0.717, 1.165) is 6.26 Å². The normalized spacial score (nSPS) is 12.1. The van der Waals surface area contributed by atoms with Gasteiger partial charge in [0.05, 0.1) is 16.6 Å². The number of aryl methyl sites for hydroxylation is 1. The lowest BCUT2D eigenvalue weighted by Crippen LogP contribution is -2.35. The van der Waals surface area contributed by atoms with Crippen molar-refractivity contribution in [1.82, 2.24) is 9.97 Å². The molecule has 0 bridgehead atoms. The summed E-state index contributed by atoms with van der Waals surface area (Å²) in [7, 11) is -4.05. The molecule has 0 saturated heterocycles. The second-order valence-corrected chi connectivity index (χ2v) is 8.85. The van der Waals surface area contributed by atoms with Crippen LogP contribution in [-0.4, -0.2) is 46.7 Å². The van der Waals surface area contributed by atoms with Gasteiger partial charge >= 0.3 is 17.5 Å². The standard InChI is InChI=1S/C18H19N5O7S/c1-9(2)13(17(24)25)20-15-14(23(26)27)16(22-18(21-15)31(4,28)29)30-12-7-11(8-19)6-5-10(12)3/h5-7,9,13H,1-4H3,(H,24,25)(H,20,21,22). The Morgan fingerprint density at radius 1 is 1.35 bits per heavy atom. The van der Waals surface area contributed by atoms with Crippen molar-refractivity contribution in [1.29, 1.82) is 5.26 Å². The largest absolute Gasteiger partial charge is 0.480 e. The van der Waals surface area contributed by atoms with Gasteiger partial charge in [-0.25, -0.2) is 13.2 Å². The highest BCUT2D eigenvalue weighted by Gasteiger charge is 2.33. The zero-order valence-corrected chi connectivity index (χ0v) is 17.8. The molecule has 2 N–H and O–H groups in total. The number of anilines is 1. The van der Waals surface area contributed by atoms with Gasteiger partial charge in [0.15, 0.2) is 0 Å². The predicted octanol–water partition coefficient (Wildman–Crippen LogP) is 2.28. The molecule has 0 aliphatic rings. The molecule has 0 radical (unpaired) electrons. The smallest absolute Gasteiger partial charge is 0.373 e. The molecule has 2 aromatic rings. The van der Waals surface area contributed by atoms with Crippen LogP contribution in [0.5, 0.6) is 11.6 Å². The molecule has 0 fully saturated rings. The average Bonchev–Trinajstić information content (AvgIpc) is 2.65. The van der Waals surface area contributed by atoms with E-state index < -0.39 is 55.2 Å². The minimum atomic E-state index is -4.05. The van der Waals surface area contributed by atoms with Crippen LogP contribution >= 0.6 is 0 Å². The van der Waals surface area contributed by atoms with Crippen LogP contribution in [0.25, 0.3) is 0 Å². The molecule has 0 amide bonds. The SMILES string of the molecule is Cc1ccc(C#N)cc1Oc1nc(S(C)(=O)=O)nc(NC(C(=O)O)C(C)C)c1[N+](=O)[O-]. The van der Waals surface area contributed by atoms with Crippen molar-refractivity contribution in [2.75, 3.05) is 11.6 Å². The molecule has 1 aromatic heterocycles. The van der Waals surface area contributed by atoms with E-state index in [1.54, 1.807) is 20.8 Å². The predicted molar refractivity (Wildman–Crippen MR) is 108 cm³/mol. The van der Waals surface area contributed by atoms with E-state index in [0.29, 0.717) is 5.56 Å². The first-order valence-electron chi connectivity index (χ1n) is 8.79. The summed E-state index contributed by atoms with van der Waals surface area (Å²) in [6, 6.07) is 4.94. The van der Waals surface area contributed by atoms with Crippen LogP contribution in [0.4, 0.5) is 11.5 Å². The molecule has 0 spiro atoms. The van der Waals surface area contributed by atoms with Crippen LogP contribution in [0, 0.1) is 34.3 Å². The first-order chi connectivity index (χ1) is 14.3. The molecule has 0 saturated carbocycles. The lowest BCUT2D eigenvalue weighted by atomic mass is 10.0. The number of aromatic nitrogens is 2. The van der Waals surface area contributed by atoms with E-state index in [9.17, 15) is 28.4 Å². The molecule has 0 aliphatic carbocycles. The number of sulfone groups is 1. The molecule has 164 valence electrons. The lowest BCUT2D eigenvalue weighted by Gasteiger charge is -2.19. The maximum atomic E-state index is 12.1. The second-order valence-electron chi connectivity index (χ2n) is 6.94. The summed E-state index contributed by atoms with van der Waals surface area (Å²) in [6.07, 6.45) is 0.792. The van der Waals surface area contributed by atoms with Crippen molar-refractivity contribution in [3.63, 3.8) is 0 Å². The number of carboxylic acid groups (broad SMARTS) is 1. The lowest BCUT2D eigenvalue weighted by molar-refractivity contribution is -0.385. The number of carboxylic acids is 1. The van der Waals surface area contributed by atoms with Crippen molar-refractivity contribution in [3.8, 4) is 17.7 Å². The number of nitrogens with one attached hydrogen (secondary N) is 1. The molecule has 31 heavy (non-hydrogen) atoms. The number of benzene rings is 1. The fraction of sp³-hybridized carbons (Fsp3) is 0.333. The highest BCUT2D eigenvalue weighted by atomic mass is 32.2. The Labute approximate surface area is 177 Å². The van der Waals surface area contributed by atoms with Crippen LogP contribution < -0.4 is 10.1 Å². The monoisotopic (exact) mass is 449 g/mol. The number of carbonyl (C=O) groups is 1. The molecule has 13 heteroatoms. The van der Waals surface area contributed by atoms with E-state index in [1.807, 2.05) is 6.07 Å². The van der Waals surface area contributed by atoms with E-state index in [2.05, 4.69) is 15.3 Å². The summed E-state index contributed by atoms with van der Waals surface area (Å²) >= 11 is 0. The van der Waals surface area contributed by atoms with Crippen molar-refractivity contribution >= 4 is 27.3 Å². The number of nitrogens with zero attached hydrogens (tertiary/aromatic N) is 4. The van der Waals surface area contributed by atoms with E-state index >= 15 is 0 Å². The summed E-state index contributed by atoms with van der Waals surface area (Å²) in [5.41, 5.74) is -0.154. The molecule has 1 atom stereocenters. The second kappa shape index (κ2) is 8.92. The maximum Gasteiger partial charge on any atom is 0.373 e. The van der Waals surface area contributed by atoms with Gasteiger partial charge < -0.3 is 15.2 Å². The molecule has 0 aliphatic heterocycles. The topological polar surface area (TPSA) is 185 Å². The van der Waals surface area contributed by atoms with Crippen LogP contribution in [-0.2, 0) is 14.6 Å². The summed E-state index contributed by atoms with van der Waals surface area (Å²) in [6.45, 7) is 4.73. The maximum absolute atomic E-state index is 12.1. The summed E-state index contributed by atoms with van der Waals surface area (Å²) in [4.78, 5) is 29.8. The third kappa shape index (κ3) is 5.43. The number of ether oxygens (including phenoxy) is 1. The van der Waals surface area contributed by atoms with Gasteiger partial charge in [-0.1, -0.05) is 19.9 Å². The van der Waals surface area contributed by atoms with Gasteiger partial charge in [-0.2, -0.15) is 15.2 Å². The van der Waals surface area contributed by atoms with Crippen LogP contribution in [0.1, 0.15) is 25.0 Å². The molecule has 2 rings (SSSR count). The van der Waals surface area contributed by atoms with Crippen LogP contribution in [0.2, 0.25) is 0 Å². The number of hydrogen-bond acceptors (Lipinski definition) is 10. The van der Waals surface area contributed by atoms with Gasteiger partial charge in [0, 0.05) is 6.26 Å². The Balaban J connectivity index is 2.76. The highest BCUT2D eigenvalue weighted by Crippen LogP contribution is 2.37. The first kappa shape index (κ1) is 23.5. The summed E-state index contributed by atoms with van der Waals surface area (Å²) in [5, 5.41) is 31.9. The van der Waals surface area contributed by atoms with Crippen molar-refractivity contribution in [2.45, 2.75) is 32.0 Å². The number of nitro groups is 1. The fourth-order valence-electron chi connectivity index (χ4n) is 2.46. The first-order valence-corrected chi connectivity index (χ1v) is 10.7. The van der Waals surface area contributed by atoms with Crippen LogP contribution in [0.3, 0.4) is 0 Å². The molecule has 12 nitrogen and oxygen atoms in total. The quantitative estimate of drug-likeness (QED) is 0.342. The Kier molecular flexibility index (Phi) is 6.76. The third-order valence-electron chi connectivity index (χ3n) is 4.09. The molecule has 1 aromatic carbocycles.